The summed E-state index contributed by atoms with van der Waals surface area (Å²) in [5.74, 6) is -2.06. The van der Waals surface area contributed by atoms with Gasteiger partial charge < -0.3 is 34.7 Å². The van der Waals surface area contributed by atoms with E-state index >= 15 is 0 Å². The Balaban J connectivity index is 2.43. The van der Waals surface area contributed by atoms with Crippen molar-refractivity contribution in [2.45, 2.75) is 58.3 Å². The van der Waals surface area contributed by atoms with E-state index in [-0.39, 0.29) is 6.61 Å². The van der Waals surface area contributed by atoms with Crippen molar-refractivity contribution >= 4 is 29.5 Å². The van der Waals surface area contributed by atoms with Gasteiger partial charge in [0, 0.05) is 33.4 Å². The van der Waals surface area contributed by atoms with E-state index in [9.17, 15) is 19.2 Å². The van der Waals surface area contributed by atoms with Gasteiger partial charge in [0.1, 0.15) is 24.5 Å². The van der Waals surface area contributed by atoms with Crippen molar-refractivity contribution in [1.82, 2.24) is 5.32 Å². The van der Waals surface area contributed by atoms with E-state index < -0.39 is 54.5 Å². The van der Waals surface area contributed by atoms with Gasteiger partial charge in [0.2, 0.25) is 12.2 Å². The summed E-state index contributed by atoms with van der Waals surface area (Å²) < 4.78 is 27.5. The van der Waals surface area contributed by atoms with Gasteiger partial charge in [-0.05, 0) is 24.3 Å². The molecule has 1 saturated heterocycles. The van der Waals surface area contributed by atoms with Crippen LogP contribution in [0.4, 0.5) is 5.69 Å². The number of hydrogen-bond acceptors (Lipinski definition) is 10. The molecule has 1 amide bonds. The second kappa shape index (κ2) is 10.6. The lowest BCUT2D eigenvalue weighted by Gasteiger charge is -2.44. The highest BCUT2D eigenvalue weighted by Crippen LogP contribution is 2.29. The molecule has 1 aromatic rings. The fourth-order valence-corrected chi connectivity index (χ4v) is 3.07. The van der Waals surface area contributed by atoms with E-state index in [0.29, 0.717) is 11.4 Å². The average molecular weight is 438 g/mol. The molecule has 0 unspecified atom stereocenters. The summed E-state index contributed by atoms with van der Waals surface area (Å²) in [6.45, 7) is 4.49. The maximum absolute atomic E-state index is 11.9. The number of anilines is 1. The number of rotatable bonds is 7. The molecule has 0 bridgehead atoms. The maximum atomic E-state index is 11.9. The minimum Gasteiger partial charge on any atom is -0.463 e. The molecule has 1 aliphatic rings. The second-order valence-corrected chi connectivity index (χ2v) is 6.91. The Labute approximate surface area is 179 Å². The Bertz CT molecular complexity index is 811. The zero-order chi connectivity index (χ0) is 23.1. The predicted molar refractivity (Wildman–Crippen MR) is 105 cm³/mol. The van der Waals surface area contributed by atoms with E-state index in [0.717, 1.165) is 6.92 Å². The number of nitrogens with one attached hydrogen (secondary N) is 1. The van der Waals surface area contributed by atoms with Gasteiger partial charge in [0.25, 0.3) is 0 Å². The smallest absolute Gasteiger partial charge is 0.303 e. The van der Waals surface area contributed by atoms with Crippen LogP contribution in [0.25, 0.3) is 0 Å². The molecule has 0 aliphatic carbocycles. The van der Waals surface area contributed by atoms with Crippen LogP contribution in [0.3, 0.4) is 0 Å². The molecule has 5 atom stereocenters. The summed E-state index contributed by atoms with van der Waals surface area (Å²) in [6, 6.07) is 5.34. The number of ether oxygens (including phenoxy) is 5. The summed E-state index contributed by atoms with van der Waals surface area (Å²) in [4.78, 5) is 46.7. The number of amides is 1. The van der Waals surface area contributed by atoms with Gasteiger partial charge in [-0.25, -0.2) is 0 Å². The quantitative estimate of drug-likeness (QED) is 0.345. The number of nitrogen functional groups attached to an aromatic ring is 1. The van der Waals surface area contributed by atoms with Gasteiger partial charge in [-0.3, -0.25) is 19.2 Å². The first-order chi connectivity index (χ1) is 14.6. The lowest BCUT2D eigenvalue weighted by molar-refractivity contribution is -0.257. The molecule has 11 heteroatoms. The lowest BCUT2D eigenvalue weighted by Crippen LogP contribution is -2.67. The number of nitrogens with two attached hydrogens (primary N) is 1. The highest BCUT2D eigenvalue weighted by Gasteiger charge is 2.51. The molecular formula is C20H26N2O9. The van der Waals surface area contributed by atoms with Gasteiger partial charge in [-0.2, -0.15) is 0 Å². The number of benzene rings is 1. The number of carbonyl (C=O) groups excluding carboxylic acids is 4. The molecule has 0 saturated carbocycles. The van der Waals surface area contributed by atoms with E-state index in [1.165, 1.54) is 20.8 Å². The molecule has 0 spiro atoms. The van der Waals surface area contributed by atoms with Crippen molar-refractivity contribution in [3.8, 4) is 5.75 Å². The third-order valence-corrected chi connectivity index (χ3v) is 4.20. The summed E-state index contributed by atoms with van der Waals surface area (Å²) in [6.07, 6.45) is -4.58. The van der Waals surface area contributed by atoms with Gasteiger partial charge in [0.05, 0.1) is 0 Å². The molecule has 0 radical (unpaired) electrons. The van der Waals surface area contributed by atoms with Crippen LogP contribution >= 0.6 is 0 Å². The zero-order valence-corrected chi connectivity index (χ0v) is 17.7. The summed E-state index contributed by atoms with van der Waals surface area (Å²) in [5, 5.41) is 2.62. The van der Waals surface area contributed by atoms with Crippen LogP contribution in [0.15, 0.2) is 24.3 Å². The summed E-state index contributed by atoms with van der Waals surface area (Å²) in [7, 11) is 0. The minimum absolute atomic E-state index is 0.306. The molecule has 31 heavy (non-hydrogen) atoms. The largest absolute Gasteiger partial charge is 0.463 e. The molecule has 1 heterocycles. The standard InChI is InChI=1S/C20H26N2O9/c1-10(23)22-17-19(29-13(4)26)18(28-12(3)25)16(9-27-11(2)24)31-20(17)30-15-7-5-14(21)6-8-15/h5-8,16-20H,9,21H2,1-4H3,(H,22,23)/t16-,17+,18+,19+,20-/m1/s1. The molecule has 1 fully saturated rings. The number of hydrogen-bond donors (Lipinski definition) is 2. The van der Waals surface area contributed by atoms with Crippen LogP contribution in [0.1, 0.15) is 27.7 Å². The van der Waals surface area contributed by atoms with Crippen molar-refractivity contribution in [2.24, 2.45) is 0 Å². The van der Waals surface area contributed by atoms with Crippen molar-refractivity contribution in [1.29, 1.82) is 0 Å². The van der Waals surface area contributed by atoms with Crippen molar-refractivity contribution < 1.29 is 42.9 Å². The first-order valence-electron chi connectivity index (χ1n) is 9.49. The molecule has 0 aromatic heterocycles. The molecule has 3 N–H and O–H groups in total. The van der Waals surface area contributed by atoms with E-state index in [4.69, 9.17) is 29.4 Å². The summed E-state index contributed by atoms with van der Waals surface area (Å²) >= 11 is 0. The Kier molecular flexibility index (Phi) is 8.20. The van der Waals surface area contributed by atoms with E-state index in [1.54, 1.807) is 24.3 Å². The molecule has 170 valence electrons. The average Bonchev–Trinajstić information content (AvgIpc) is 2.65. The molecule has 1 aliphatic heterocycles. The molecule has 11 nitrogen and oxygen atoms in total. The topological polar surface area (TPSA) is 152 Å². The molecule has 2 rings (SSSR count). The lowest BCUT2D eigenvalue weighted by atomic mass is 9.96. The van der Waals surface area contributed by atoms with Crippen LogP contribution in [0, 0.1) is 0 Å². The molecule has 1 aromatic carbocycles. The predicted octanol–water partition coefficient (Wildman–Crippen LogP) is 0.304. The zero-order valence-electron chi connectivity index (χ0n) is 17.7. The first-order valence-corrected chi connectivity index (χ1v) is 9.49. The van der Waals surface area contributed by atoms with Crippen LogP contribution in [-0.4, -0.2) is 61.1 Å². The van der Waals surface area contributed by atoms with Crippen LogP contribution in [0.2, 0.25) is 0 Å². The summed E-state index contributed by atoms with van der Waals surface area (Å²) in [5.41, 5.74) is 6.20. The highest BCUT2D eigenvalue weighted by molar-refractivity contribution is 5.73. The first kappa shape index (κ1) is 23.9. The van der Waals surface area contributed by atoms with Crippen molar-refractivity contribution in [3.05, 3.63) is 24.3 Å². The van der Waals surface area contributed by atoms with Gasteiger partial charge >= 0.3 is 17.9 Å². The Morgan fingerprint density at radius 1 is 0.935 bits per heavy atom. The number of esters is 3. The fourth-order valence-electron chi connectivity index (χ4n) is 3.07. The highest BCUT2D eigenvalue weighted by atomic mass is 16.7. The Morgan fingerprint density at radius 2 is 1.52 bits per heavy atom. The minimum atomic E-state index is -1.18. The SMILES string of the molecule is CC(=O)N[C@@H]1[C@H](Oc2ccc(N)cc2)O[C@H](COC(C)=O)[C@H](OC(C)=O)[C@H]1OC(C)=O. The monoisotopic (exact) mass is 438 g/mol. The van der Waals surface area contributed by atoms with Crippen LogP contribution in [-0.2, 0) is 38.1 Å². The third-order valence-electron chi connectivity index (χ3n) is 4.20. The Morgan fingerprint density at radius 3 is 2.03 bits per heavy atom. The van der Waals surface area contributed by atoms with E-state index in [2.05, 4.69) is 5.32 Å². The fraction of sp³-hybridized carbons (Fsp3) is 0.500. The van der Waals surface area contributed by atoms with Crippen LogP contribution in [0.5, 0.6) is 5.75 Å². The van der Waals surface area contributed by atoms with E-state index in [1.807, 2.05) is 0 Å². The van der Waals surface area contributed by atoms with Gasteiger partial charge in [-0.1, -0.05) is 0 Å². The maximum Gasteiger partial charge on any atom is 0.303 e. The van der Waals surface area contributed by atoms with Crippen molar-refractivity contribution in [2.75, 3.05) is 12.3 Å². The second-order valence-electron chi connectivity index (χ2n) is 6.91. The molecular weight excluding hydrogens is 412 g/mol. The van der Waals surface area contributed by atoms with Gasteiger partial charge in [-0.15, -0.1) is 0 Å². The third kappa shape index (κ3) is 7.14. The Hall–Kier alpha value is -3.34. The van der Waals surface area contributed by atoms with Crippen LogP contribution < -0.4 is 15.8 Å². The van der Waals surface area contributed by atoms with Crippen molar-refractivity contribution in [3.63, 3.8) is 0 Å². The normalized spacial score (nSPS) is 25.1. The van der Waals surface area contributed by atoms with Gasteiger partial charge in [0.15, 0.2) is 12.2 Å². The number of carbonyl (C=O) groups is 4.